The minimum Gasteiger partial charge on any atom is -0.394 e. The smallest absolute Gasteiger partial charge is 0.172 e. The van der Waals surface area contributed by atoms with Gasteiger partial charge in [0.05, 0.1) is 12.9 Å². The topological polar surface area (TPSA) is 129 Å². The second kappa shape index (κ2) is 6.81. The fourth-order valence-electron chi connectivity index (χ4n) is 3.39. The van der Waals surface area contributed by atoms with E-state index in [-0.39, 0.29) is 6.61 Å². The molecule has 0 radical (unpaired) electrons. The number of nitrogens with zero attached hydrogens (tertiary/aromatic N) is 5. The molecule has 2 fully saturated rings. The van der Waals surface area contributed by atoms with Gasteiger partial charge in [0, 0.05) is 13.1 Å². The van der Waals surface area contributed by atoms with Gasteiger partial charge in [0.15, 0.2) is 23.2 Å². The SMILES string of the molecule is OC[C@H]1O[C@@H](n2cnc3c(NN4CCCCC4)ncnc32)C(O)C1O. The second-order valence-electron chi connectivity index (χ2n) is 6.43. The molecule has 2 aliphatic rings. The van der Waals surface area contributed by atoms with Gasteiger partial charge in [-0.1, -0.05) is 6.42 Å². The van der Waals surface area contributed by atoms with Crippen molar-refractivity contribution >= 4 is 17.0 Å². The van der Waals surface area contributed by atoms with Gasteiger partial charge in [-0.05, 0) is 12.8 Å². The van der Waals surface area contributed by atoms with Gasteiger partial charge < -0.3 is 25.5 Å². The van der Waals surface area contributed by atoms with E-state index in [2.05, 4.69) is 25.4 Å². The predicted molar refractivity (Wildman–Crippen MR) is 87.4 cm³/mol. The molecule has 0 aromatic carbocycles. The van der Waals surface area contributed by atoms with Crippen molar-refractivity contribution in [3.8, 4) is 0 Å². The zero-order valence-corrected chi connectivity index (χ0v) is 13.7. The second-order valence-corrected chi connectivity index (χ2v) is 6.43. The van der Waals surface area contributed by atoms with E-state index < -0.39 is 24.5 Å². The number of ether oxygens (including phenoxy) is 1. The molecule has 10 nitrogen and oxygen atoms in total. The van der Waals surface area contributed by atoms with E-state index in [0.717, 1.165) is 25.9 Å². The van der Waals surface area contributed by atoms with Crippen LogP contribution in [0.15, 0.2) is 12.7 Å². The van der Waals surface area contributed by atoms with Crippen LogP contribution in [0, 0.1) is 0 Å². The van der Waals surface area contributed by atoms with Gasteiger partial charge in [0.1, 0.15) is 24.6 Å². The molecule has 2 unspecified atom stereocenters. The Labute approximate surface area is 144 Å². The first-order valence-electron chi connectivity index (χ1n) is 8.50. The highest BCUT2D eigenvalue weighted by Crippen LogP contribution is 2.32. The molecule has 2 aromatic heterocycles. The van der Waals surface area contributed by atoms with E-state index in [0.29, 0.717) is 17.0 Å². The zero-order valence-electron chi connectivity index (χ0n) is 13.7. The average Bonchev–Trinajstić information content (AvgIpc) is 3.18. The summed E-state index contributed by atoms with van der Waals surface area (Å²) < 4.78 is 7.12. The molecule has 4 rings (SSSR count). The van der Waals surface area contributed by atoms with Gasteiger partial charge >= 0.3 is 0 Å². The van der Waals surface area contributed by atoms with Crippen molar-refractivity contribution in [3.63, 3.8) is 0 Å². The molecule has 0 bridgehead atoms. The van der Waals surface area contributed by atoms with Crippen molar-refractivity contribution in [2.24, 2.45) is 0 Å². The van der Waals surface area contributed by atoms with Crippen LogP contribution in [0.5, 0.6) is 0 Å². The lowest BCUT2D eigenvalue weighted by molar-refractivity contribution is -0.0511. The number of aliphatic hydroxyl groups is 3. The van der Waals surface area contributed by atoms with Crippen LogP contribution in [-0.2, 0) is 4.74 Å². The molecule has 10 heteroatoms. The molecular formula is C15H22N6O4. The summed E-state index contributed by atoms with van der Waals surface area (Å²) in [6, 6.07) is 0. The number of imidazole rings is 1. The Kier molecular flexibility index (Phi) is 4.52. The Morgan fingerprint density at radius 2 is 1.92 bits per heavy atom. The van der Waals surface area contributed by atoms with E-state index in [1.54, 1.807) is 4.57 Å². The minimum absolute atomic E-state index is 0.377. The monoisotopic (exact) mass is 350 g/mol. The van der Waals surface area contributed by atoms with Gasteiger partial charge in [-0.25, -0.2) is 20.0 Å². The summed E-state index contributed by atoms with van der Waals surface area (Å²) in [5.41, 5.74) is 4.33. The Morgan fingerprint density at radius 1 is 1.12 bits per heavy atom. The van der Waals surface area contributed by atoms with Crippen LogP contribution >= 0.6 is 0 Å². The standard InChI is InChI=1S/C15H22N6O4/c22-6-9-11(23)12(24)15(25-9)21-8-18-10-13(16-7-17-14(10)21)19-20-4-2-1-3-5-20/h7-9,11-12,15,22-24H,1-6H2,(H,16,17,19)/t9-,11?,12?,15-/m1/s1. The maximum absolute atomic E-state index is 10.2. The van der Waals surface area contributed by atoms with Crippen molar-refractivity contribution in [3.05, 3.63) is 12.7 Å². The molecule has 0 saturated carbocycles. The number of aromatic nitrogens is 4. The number of fused-ring (bicyclic) bond motifs is 1. The van der Waals surface area contributed by atoms with Gasteiger partial charge in [0.25, 0.3) is 0 Å². The maximum Gasteiger partial charge on any atom is 0.172 e. The Bertz CT molecular complexity index is 734. The zero-order chi connectivity index (χ0) is 17.4. The highest BCUT2D eigenvalue weighted by atomic mass is 16.6. The number of hydrazine groups is 1. The molecule has 25 heavy (non-hydrogen) atoms. The molecule has 2 aromatic rings. The van der Waals surface area contributed by atoms with E-state index in [1.807, 2.05) is 0 Å². The van der Waals surface area contributed by atoms with Gasteiger partial charge in [-0.2, -0.15) is 0 Å². The van der Waals surface area contributed by atoms with Crippen LogP contribution in [0.2, 0.25) is 0 Å². The van der Waals surface area contributed by atoms with Crippen LogP contribution in [-0.4, -0.2) is 77.9 Å². The number of piperidine rings is 1. The van der Waals surface area contributed by atoms with Crippen LogP contribution in [0.3, 0.4) is 0 Å². The molecule has 0 spiro atoms. The third-order valence-corrected chi connectivity index (χ3v) is 4.77. The third kappa shape index (κ3) is 2.96. The van der Waals surface area contributed by atoms with E-state index in [1.165, 1.54) is 19.1 Å². The van der Waals surface area contributed by atoms with Crippen molar-refractivity contribution in [2.45, 2.75) is 43.8 Å². The van der Waals surface area contributed by atoms with E-state index in [4.69, 9.17) is 4.74 Å². The lowest BCUT2D eigenvalue weighted by Crippen LogP contribution is -2.35. The number of hydrogen-bond donors (Lipinski definition) is 4. The maximum atomic E-state index is 10.2. The Balaban J connectivity index is 1.62. The van der Waals surface area contributed by atoms with Gasteiger partial charge in [-0.3, -0.25) is 4.57 Å². The Morgan fingerprint density at radius 3 is 2.64 bits per heavy atom. The van der Waals surface area contributed by atoms with Crippen LogP contribution < -0.4 is 5.43 Å². The van der Waals surface area contributed by atoms with Crippen molar-refractivity contribution in [1.29, 1.82) is 0 Å². The van der Waals surface area contributed by atoms with Crippen molar-refractivity contribution in [1.82, 2.24) is 24.5 Å². The molecule has 136 valence electrons. The minimum atomic E-state index is -1.18. The molecular weight excluding hydrogens is 328 g/mol. The fraction of sp³-hybridized carbons (Fsp3) is 0.667. The molecule has 4 atom stereocenters. The summed E-state index contributed by atoms with van der Waals surface area (Å²) in [4.78, 5) is 12.9. The molecule has 0 aliphatic carbocycles. The van der Waals surface area contributed by atoms with Crippen LogP contribution in [0.25, 0.3) is 11.2 Å². The highest BCUT2D eigenvalue weighted by molar-refractivity contribution is 5.82. The number of anilines is 1. The van der Waals surface area contributed by atoms with Crippen molar-refractivity contribution in [2.75, 3.05) is 25.1 Å². The summed E-state index contributed by atoms with van der Waals surface area (Å²) in [7, 11) is 0. The first-order valence-corrected chi connectivity index (χ1v) is 8.50. The number of rotatable bonds is 4. The normalized spacial score (nSPS) is 30.8. The van der Waals surface area contributed by atoms with Crippen LogP contribution in [0.4, 0.5) is 5.82 Å². The molecule has 0 amide bonds. The van der Waals surface area contributed by atoms with Crippen LogP contribution in [0.1, 0.15) is 25.5 Å². The largest absolute Gasteiger partial charge is 0.394 e. The van der Waals surface area contributed by atoms with E-state index in [9.17, 15) is 15.3 Å². The molecule has 2 saturated heterocycles. The molecule has 2 aliphatic heterocycles. The third-order valence-electron chi connectivity index (χ3n) is 4.77. The lowest BCUT2D eigenvalue weighted by atomic mass is 10.1. The quantitative estimate of drug-likeness (QED) is 0.563. The number of aliphatic hydroxyl groups excluding tert-OH is 3. The average molecular weight is 350 g/mol. The summed E-state index contributed by atoms with van der Waals surface area (Å²) in [6.45, 7) is 1.51. The van der Waals surface area contributed by atoms with Crippen molar-refractivity contribution < 1.29 is 20.1 Å². The summed E-state index contributed by atoms with van der Waals surface area (Å²) in [5, 5.41) is 31.5. The molecule has 4 heterocycles. The van der Waals surface area contributed by atoms with Gasteiger partial charge in [0.2, 0.25) is 0 Å². The first-order chi connectivity index (χ1) is 12.2. The summed E-state index contributed by atoms with van der Waals surface area (Å²) >= 11 is 0. The number of nitrogens with one attached hydrogen (secondary N) is 1. The predicted octanol–water partition coefficient (Wildman–Crippen LogP) is -0.749. The molecule has 4 N–H and O–H groups in total. The summed E-state index contributed by atoms with van der Waals surface area (Å²) in [6.07, 6.45) is 2.38. The highest BCUT2D eigenvalue weighted by Gasteiger charge is 2.44. The Hall–Kier alpha value is -1.85. The lowest BCUT2D eigenvalue weighted by Gasteiger charge is -2.27. The van der Waals surface area contributed by atoms with Gasteiger partial charge in [-0.15, -0.1) is 0 Å². The first kappa shape index (κ1) is 16.6. The summed E-state index contributed by atoms with van der Waals surface area (Å²) in [5.74, 6) is 0.595. The fourth-order valence-corrected chi connectivity index (χ4v) is 3.39. The number of hydrogen-bond acceptors (Lipinski definition) is 9. The van der Waals surface area contributed by atoms with E-state index >= 15 is 0 Å².